The van der Waals surface area contributed by atoms with E-state index in [4.69, 9.17) is 13.8 Å². The summed E-state index contributed by atoms with van der Waals surface area (Å²) in [6.07, 6.45) is 0.00972. The molecule has 2 heterocycles. The molecule has 0 N–H and O–H groups in total. The molecular weight excluding hydrogens is 334 g/mol. The normalized spacial score (nSPS) is 11.0. The molecule has 0 atom stereocenters. The van der Waals surface area contributed by atoms with Crippen LogP contribution in [-0.4, -0.2) is 21.3 Å². The van der Waals surface area contributed by atoms with Gasteiger partial charge in [-0.25, -0.2) is 0 Å². The van der Waals surface area contributed by atoms with Crippen molar-refractivity contribution in [3.63, 3.8) is 0 Å². The fraction of sp³-hybridized carbons (Fsp3) is 0.158. The van der Waals surface area contributed by atoms with Crippen molar-refractivity contribution in [1.29, 1.82) is 0 Å². The smallest absolute Gasteiger partial charge is 0.312 e. The first-order valence-corrected chi connectivity index (χ1v) is 8.08. The van der Waals surface area contributed by atoms with Gasteiger partial charge in [-0.3, -0.25) is 4.79 Å². The second-order valence-electron chi connectivity index (χ2n) is 5.79. The summed E-state index contributed by atoms with van der Waals surface area (Å²) < 4.78 is 15.5. The van der Waals surface area contributed by atoms with Crippen LogP contribution in [-0.2, 0) is 22.6 Å². The third-order valence-corrected chi connectivity index (χ3v) is 3.97. The minimum Gasteiger partial charge on any atom is -0.455 e. The van der Waals surface area contributed by atoms with Crippen LogP contribution in [0.1, 0.15) is 17.1 Å². The summed E-state index contributed by atoms with van der Waals surface area (Å²) in [5.41, 5.74) is 3.09. The van der Waals surface area contributed by atoms with Gasteiger partial charge in [-0.05, 0) is 24.6 Å². The summed E-state index contributed by atoms with van der Waals surface area (Å²) in [7, 11) is 0. The number of benzene rings is 2. The Morgan fingerprint density at radius 3 is 2.73 bits per heavy atom. The van der Waals surface area contributed by atoms with Crippen LogP contribution in [0.15, 0.2) is 57.6 Å². The standard InChI is InChI=1S/C19H15N3O4/c1-12-6-2-3-7-13(12)19-20-17(26-22-19)11-24-18(23)10-15-14-8-4-5-9-16(14)25-21-15/h2-9H,10-11H2,1H3. The average Bonchev–Trinajstić information content (AvgIpc) is 3.28. The predicted octanol–water partition coefficient (Wildman–Crippen LogP) is 3.47. The van der Waals surface area contributed by atoms with Crippen LogP contribution < -0.4 is 0 Å². The van der Waals surface area contributed by atoms with Gasteiger partial charge in [0.25, 0.3) is 5.89 Å². The number of hydrogen-bond donors (Lipinski definition) is 0. The molecule has 0 aliphatic heterocycles. The topological polar surface area (TPSA) is 91.2 Å². The number of rotatable bonds is 5. The molecule has 4 rings (SSSR count). The molecule has 7 heteroatoms. The van der Waals surface area contributed by atoms with Gasteiger partial charge in [-0.1, -0.05) is 46.7 Å². The predicted molar refractivity (Wildman–Crippen MR) is 92.0 cm³/mol. The fourth-order valence-corrected chi connectivity index (χ4v) is 2.64. The summed E-state index contributed by atoms with van der Waals surface area (Å²) in [6, 6.07) is 15.1. The summed E-state index contributed by atoms with van der Waals surface area (Å²) in [6.45, 7) is 1.88. The van der Waals surface area contributed by atoms with Gasteiger partial charge in [0, 0.05) is 10.9 Å². The Kier molecular flexibility index (Phi) is 4.18. The third kappa shape index (κ3) is 3.19. The summed E-state index contributed by atoms with van der Waals surface area (Å²) in [5, 5.41) is 8.65. The summed E-state index contributed by atoms with van der Waals surface area (Å²) in [5.74, 6) is 0.262. The molecule has 2 aromatic carbocycles. The highest BCUT2D eigenvalue weighted by Crippen LogP contribution is 2.21. The number of ether oxygens (including phenoxy) is 1. The molecule has 0 radical (unpaired) electrons. The number of aryl methyl sites for hydroxylation is 1. The van der Waals surface area contributed by atoms with Crippen LogP contribution >= 0.6 is 0 Å². The van der Waals surface area contributed by atoms with E-state index in [9.17, 15) is 4.79 Å². The molecule has 0 saturated carbocycles. The molecule has 0 spiro atoms. The van der Waals surface area contributed by atoms with Gasteiger partial charge >= 0.3 is 5.97 Å². The van der Waals surface area contributed by atoms with Crippen molar-refractivity contribution in [2.75, 3.05) is 0 Å². The Morgan fingerprint density at radius 1 is 1.04 bits per heavy atom. The molecule has 0 aliphatic rings. The summed E-state index contributed by atoms with van der Waals surface area (Å²) >= 11 is 0. The number of fused-ring (bicyclic) bond motifs is 1. The molecule has 0 fully saturated rings. The molecule has 0 bridgehead atoms. The molecule has 0 amide bonds. The van der Waals surface area contributed by atoms with Gasteiger partial charge in [-0.2, -0.15) is 4.98 Å². The van der Waals surface area contributed by atoms with Crippen molar-refractivity contribution in [2.45, 2.75) is 20.0 Å². The third-order valence-electron chi connectivity index (χ3n) is 3.97. The van der Waals surface area contributed by atoms with Crippen LogP contribution in [0.3, 0.4) is 0 Å². The van der Waals surface area contributed by atoms with Gasteiger partial charge in [0.1, 0.15) is 5.69 Å². The van der Waals surface area contributed by atoms with Gasteiger partial charge in [-0.15, -0.1) is 0 Å². The van der Waals surface area contributed by atoms with E-state index in [-0.39, 0.29) is 18.9 Å². The first-order valence-electron chi connectivity index (χ1n) is 8.08. The first kappa shape index (κ1) is 16.0. The van der Waals surface area contributed by atoms with E-state index in [0.29, 0.717) is 17.1 Å². The fourth-order valence-electron chi connectivity index (χ4n) is 2.64. The van der Waals surface area contributed by atoms with Crippen LogP contribution in [0, 0.1) is 6.92 Å². The van der Waals surface area contributed by atoms with Crippen LogP contribution in [0.5, 0.6) is 0 Å². The number of esters is 1. The van der Waals surface area contributed by atoms with E-state index >= 15 is 0 Å². The molecule has 7 nitrogen and oxygen atoms in total. The maximum Gasteiger partial charge on any atom is 0.312 e. The lowest BCUT2D eigenvalue weighted by molar-refractivity contribution is -0.145. The lowest BCUT2D eigenvalue weighted by Crippen LogP contribution is -2.08. The quantitative estimate of drug-likeness (QED) is 0.509. The van der Waals surface area contributed by atoms with E-state index in [2.05, 4.69) is 15.3 Å². The number of carbonyl (C=O) groups excluding carboxylic acids is 1. The zero-order chi connectivity index (χ0) is 17.9. The van der Waals surface area contributed by atoms with Crippen LogP contribution in [0.4, 0.5) is 0 Å². The molecule has 4 aromatic rings. The zero-order valence-corrected chi connectivity index (χ0v) is 14.0. The SMILES string of the molecule is Cc1ccccc1-c1noc(COC(=O)Cc2noc3ccccc23)n1. The Morgan fingerprint density at radius 2 is 1.85 bits per heavy atom. The van der Waals surface area contributed by atoms with Crippen molar-refractivity contribution >= 4 is 16.9 Å². The van der Waals surface area contributed by atoms with Crippen molar-refractivity contribution in [3.05, 3.63) is 65.7 Å². The number of para-hydroxylation sites is 1. The minimum absolute atomic E-state index is 0.00972. The molecule has 26 heavy (non-hydrogen) atoms. The largest absolute Gasteiger partial charge is 0.455 e. The highest BCUT2D eigenvalue weighted by Gasteiger charge is 2.15. The number of hydrogen-bond acceptors (Lipinski definition) is 7. The minimum atomic E-state index is -0.445. The average molecular weight is 349 g/mol. The molecule has 0 unspecified atom stereocenters. The van der Waals surface area contributed by atoms with E-state index in [0.717, 1.165) is 16.5 Å². The first-order chi connectivity index (χ1) is 12.7. The van der Waals surface area contributed by atoms with Crippen LogP contribution in [0.2, 0.25) is 0 Å². The lowest BCUT2D eigenvalue weighted by atomic mass is 10.1. The van der Waals surface area contributed by atoms with Crippen molar-refractivity contribution in [3.8, 4) is 11.4 Å². The second-order valence-corrected chi connectivity index (χ2v) is 5.79. The Labute approximate surface area is 148 Å². The van der Waals surface area contributed by atoms with Crippen LogP contribution in [0.25, 0.3) is 22.4 Å². The number of nitrogens with zero attached hydrogens (tertiary/aromatic N) is 3. The molecule has 130 valence electrons. The highest BCUT2D eigenvalue weighted by atomic mass is 16.6. The maximum atomic E-state index is 12.1. The second kappa shape index (κ2) is 6.79. The molecular formula is C19H15N3O4. The zero-order valence-electron chi connectivity index (χ0n) is 14.0. The summed E-state index contributed by atoms with van der Waals surface area (Å²) in [4.78, 5) is 16.3. The van der Waals surface area contributed by atoms with Crippen molar-refractivity contribution in [2.24, 2.45) is 0 Å². The Bertz CT molecular complexity index is 1070. The van der Waals surface area contributed by atoms with E-state index < -0.39 is 5.97 Å². The van der Waals surface area contributed by atoms with E-state index in [1.165, 1.54) is 0 Å². The van der Waals surface area contributed by atoms with Gasteiger partial charge in [0.05, 0.1) is 6.42 Å². The van der Waals surface area contributed by atoms with Gasteiger partial charge in [0.15, 0.2) is 12.2 Å². The van der Waals surface area contributed by atoms with Gasteiger partial charge in [0.2, 0.25) is 5.82 Å². The maximum absolute atomic E-state index is 12.1. The van der Waals surface area contributed by atoms with Gasteiger partial charge < -0.3 is 13.8 Å². The van der Waals surface area contributed by atoms with Crippen molar-refractivity contribution in [1.82, 2.24) is 15.3 Å². The van der Waals surface area contributed by atoms with E-state index in [1.54, 1.807) is 6.07 Å². The number of carbonyl (C=O) groups is 1. The molecule has 0 saturated heterocycles. The van der Waals surface area contributed by atoms with E-state index in [1.807, 2.05) is 49.4 Å². The van der Waals surface area contributed by atoms with Crippen molar-refractivity contribution < 1.29 is 18.6 Å². The Hall–Kier alpha value is -3.48. The molecule has 0 aliphatic carbocycles. The monoisotopic (exact) mass is 349 g/mol. The molecule has 2 aromatic heterocycles. The Balaban J connectivity index is 1.40. The number of aromatic nitrogens is 3. The lowest BCUT2D eigenvalue weighted by Gasteiger charge is -2.00. The highest BCUT2D eigenvalue weighted by molar-refractivity contribution is 5.84.